The summed E-state index contributed by atoms with van der Waals surface area (Å²) in [6.45, 7) is 13.6. The number of aromatic amines is 2. The second-order valence-electron chi connectivity index (χ2n) is 11.9. The molecule has 0 aliphatic carbocycles. The lowest BCUT2D eigenvalue weighted by Crippen LogP contribution is -2.15. The first-order valence-corrected chi connectivity index (χ1v) is 15.5. The Balaban J connectivity index is 1.84. The molecular formula is C35H44N4O6. The van der Waals surface area contributed by atoms with Crippen LogP contribution in [0.1, 0.15) is 111 Å². The third-order valence-electron chi connectivity index (χ3n) is 9.08. The van der Waals surface area contributed by atoms with E-state index < -0.39 is 5.97 Å². The first-order valence-electron chi connectivity index (χ1n) is 15.5. The molecule has 0 spiro atoms. The second kappa shape index (κ2) is 13.6. The fourth-order valence-corrected chi connectivity index (χ4v) is 6.55. The average Bonchev–Trinajstić information content (AvgIpc) is 3.64. The van der Waals surface area contributed by atoms with Crippen LogP contribution < -0.4 is 10.6 Å². The van der Waals surface area contributed by atoms with Gasteiger partial charge < -0.3 is 30.4 Å². The first kappa shape index (κ1) is 33.3. The summed E-state index contributed by atoms with van der Waals surface area (Å²) < 4.78 is 4.98. The van der Waals surface area contributed by atoms with Gasteiger partial charge in [0.1, 0.15) is 0 Å². The Morgan fingerprint density at radius 2 is 1.36 bits per heavy atom. The molecule has 2 aliphatic heterocycles. The zero-order valence-electron chi connectivity index (χ0n) is 27.5. The number of hydrogen-bond acceptors (Lipinski definition) is 5. The minimum Gasteiger partial charge on any atom is -0.481 e. The van der Waals surface area contributed by atoms with Crippen LogP contribution in [-0.2, 0) is 36.8 Å². The molecule has 2 amide bonds. The van der Waals surface area contributed by atoms with Gasteiger partial charge in [0.15, 0.2) is 0 Å². The van der Waals surface area contributed by atoms with E-state index in [2.05, 4.69) is 20.6 Å². The molecular weight excluding hydrogens is 572 g/mol. The maximum absolute atomic E-state index is 12.4. The molecule has 5 N–H and O–H groups in total. The number of methoxy groups -OCH3 is 1. The van der Waals surface area contributed by atoms with Crippen molar-refractivity contribution in [3.05, 3.63) is 78.7 Å². The van der Waals surface area contributed by atoms with Gasteiger partial charge in [-0.1, -0.05) is 20.8 Å². The van der Waals surface area contributed by atoms with Gasteiger partial charge >= 0.3 is 11.9 Å². The molecule has 2 aliphatic rings. The summed E-state index contributed by atoms with van der Waals surface area (Å²) in [5, 5.41) is 15.5. The van der Waals surface area contributed by atoms with E-state index >= 15 is 0 Å². The van der Waals surface area contributed by atoms with Crippen LogP contribution in [0, 0.1) is 13.8 Å². The predicted molar refractivity (Wildman–Crippen MR) is 173 cm³/mol. The number of rotatable bonds is 12. The molecule has 4 heterocycles. The molecule has 0 fully saturated rings. The Morgan fingerprint density at radius 1 is 0.844 bits per heavy atom. The molecule has 10 heteroatoms. The lowest BCUT2D eigenvalue weighted by atomic mass is 9.91. The number of amides is 2. The molecule has 0 bridgehead atoms. The van der Waals surface area contributed by atoms with Gasteiger partial charge in [-0.25, -0.2) is 0 Å². The summed E-state index contributed by atoms with van der Waals surface area (Å²) in [4.78, 5) is 55.9. The minimum absolute atomic E-state index is 0.0322. The van der Waals surface area contributed by atoms with Crippen molar-refractivity contribution in [3.8, 4) is 0 Å². The predicted octanol–water partition coefficient (Wildman–Crippen LogP) is 5.63. The van der Waals surface area contributed by atoms with E-state index in [-0.39, 0.29) is 36.5 Å². The summed E-state index contributed by atoms with van der Waals surface area (Å²) >= 11 is 0. The molecule has 1 atom stereocenters. The van der Waals surface area contributed by atoms with E-state index in [0.717, 1.165) is 67.6 Å². The number of hydrogen-bond donors (Lipinski definition) is 5. The summed E-state index contributed by atoms with van der Waals surface area (Å²) in [5.74, 6) is -1.60. The molecule has 2 aromatic rings. The third-order valence-corrected chi connectivity index (χ3v) is 9.08. The van der Waals surface area contributed by atoms with Crippen LogP contribution >= 0.6 is 0 Å². The van der Waals surface area contributed by atoms with Crippen LogP contribution in [0.5, 0.6) is 0 Å². The number of carboxylic acid groups (broad SMARTS) is 1. The maximum Gasteiger partial charge on any atom is 0.306 e. The quantitative estimate of drug-likeness (QED) is 0.195. The van der Waals surface area contributed by atoms with E-state index in [4.69, 9.17) is 4.74 Å². The van der Waals surface area contributed by atoms with Crippen LogP contribution in [0.2, 0.25) is 0 Å². The zero-order chi connectivity index (χ0) is 33.2. The molecule has 10 nitrogen and oxygen atoms in total. The number of carboxylic acids is 1. The smallest absolute Gasteiger partial charge is 0.306 e. The normalized spacial score (nSPS) is 17.5. The van der Waals surface area contributed by atoms with E-state index in [1.54, 1.807) is 0 Å². The Hall–Kier alpha value is -4.60. The lowest BCUT2D eigenvalue weighted by molar-refractivity contribution is -0.141. The molecule has 240 valence electrons. The summed E-state index contributed by atoms with van der Waals surface area (Å²) in [6.07, 6.45) is 6.19. The van der Waals surface area contributed by atoms with Crippen LogP contribution in [-0.4, -0.2) is 45.9 Å². The molecule has 4 rings (SSSR count). The zero-order valence-corrected chi connectivity index (χ0v) is 27.5. The highest BCUT2D eigenvalue weighted by molar-refractivity contribution is 6.01. The molecule has 0 saturated heterocycles. The second-order valence-corrected chi connectivity index (χ2v) is 11.9. The van der Waals surface area contributed by atoms with E-state index in [9.17, 15) is 24.3 Å². The Labute approximate surface area is 264 Å². The lowest BCUT2D eigenvalue weighted by Gasteiger charge is -2.14. The average molecular weight is 617 g/mol. The standard InChI is InChI=1S/C35H44N4O6/c1-9-22-19(5)34(43)38-27(22)14-25-18(4)24(11-12-31(40)41)29(36-25)16-30-33(17(3)13-32(42)45-8)21(7)26(37-30)15-28-23(10-2)20(6)35(44)39-28/h14-15,17,36-37H,9-13,16H2,1-8H3,(H,38,43)(H,39,44)(H,40,41)/b27-14-,28-15-/t17-/m1/s1. The van der Waals surface area contributed by atoms with Crippen molar-refractivity contribution in [1.29, 1.82) is 0 Å². The monoisotopic (exact) mass is 616 g/mol. The maximum atomic E-state index is 12.4. The number of carbonyl (C=O) groups is 4. The number of allylic oxidation sites excluding steroid dienone is 2. The van der Waals surface area contributed by atoms with Crippen LogP contribution in [0.25, 0.3) is 12.2 Å². The summed E-state index contributed by atoms with van der Waals surface area (Å²) in [5.41, 5.74) is 11.9. The van der Waals surface area contributed by atoms with Crippen LogP contribution in [0.4, 0.5) is 0 Å². The van der Waals surface area contributed by atoms with Gasteiger partial charge in [-0.2, -0.15) is 0 Å². The summed E-state index contributed by atoms with van der Waals surface area (Å²) in [6, 6.07) is 0. The molecule has 2 aromatic heterocycles. The number of carbonyl (C=O) groups excluding carboxylic acids is 3. The van der Waals surface area contributed by atoms with Gasteiger partial charge in [0.25, 0.3) is 11.8 Å². The molecule has 0 aromatic carbocycles. The van der Waals surface area contributed by atoms with E-state index in [1.807, 2.05) is 60.6 Å². The summed E-state index contributed by atoms with van der Waals surface area (Å²) in [7, 11) is 1.37. The van der Waals surface area contributed by atoms with Gasteiger partial charge in [0, 0.05) is 58.2 Å². The van der Waals surface area contributed by atoms with Crippen molar-refractivity contribution in [3.63, 3.8) is 0 Å². The number of nitrogens with one attached hydrogen (secondary N) is 4. The van der Waals surface area contributed by atoms with Crippen molar-refractivity contribution in [2.24, 2.45) is 0 Å². The fourth-order valence-electron chi connectivity index (χ4n) is 6.55. The molecule has 0 radical (unpaired) electrons. The highest BCUT2D eigenvalue weighted by Gasteiger charge is 2.27. The van der Waals surface area contributed by atoms with E-state index in [0.29, 0.717) is 36.8 Å². The van der Waals surface area contributed by atoms with Gasteiger partial charge in [-0.15, -0.1) is 0 Å². The Bertz CT molecular complexity index is 1690. The SMILES string of the molecule is CCC1=C(C)C(=O)N/C1=C\c1[nH]c(Cc2[nH]c(/C=C3\NC(=O)C(C)=C3CC)c(C)c2[C@H](C)CC(=O)OC)c(CCC(=O)O)c1C. The minimum atomic E-state index is -0.887. The highest BCUT2D eigenvalue weighted by Crippen LogP contribution is 2.35. The van der Waals surface area contributed by atoms with Crippen LogP contribution in [0.15, 0.2) is 33.7 Å². The number of ether oxygens (including phenoxy) is 1. The number of H-pyrrole nitrogens is 2. The van der Waals surface area contributed by atoms with Crippen molar-refractivity contribution in [1.82, 2.24) is 20.6 Å². The van der Waals surface area contributed by atoms with Gasteiger partial charge in [0.2, 0.25) is 0 Å². The molecule has 0 unspecified atom stereocenters. The van der Waals surface area contributed by atoms with Gasteiger partial charge in [-0.05, 0) is 98.4 Å². The van der Waals surface area contributed by atoms with E-state index in [1.165, 1.54) is 7.11 Å². The Morgan fingerprint density at radius 3 is 1.84 bits per heavy atom. The number of aromatic nitrogens is 2. The largest absolute Gasteiger partial charge is 0.481 e. The van der Waals surface area contributed by atoms with Crippen molar-refractivity contribution in [2.75, 3.05) is 7.11 Å². The number of esters is 1. The molecule has 0 saturated carbocycles. The molecule has 45 heavy (non-hydrogen) atoms. The van der Waals surface area contributed by atoms with Gasteiger partial charge in [-0.3, -0.25) is 19.2 Å². The first-order chi connectivity index (χ1) is 21.3. The topological polar surface area (TPSA) is 153 Å². The van der Waals surface area contributed by atoms with Crippen molar-refractivity contribution in [2.45, 2.75) is 92.9 Å². The van der Waals surface area contributed by atoms with Crippen LogP contribution in [0.3, 0.4) is 0 Å². The van der Waals surface area contributed by atoms with Crippen molar-refractivity contribution < 1.29 is 29.0 Å². The Kier molecular flexibility index (Phi) is 10.1. The highest BCUT2D eigenvalue weighted by atomic mass is 16.5. The van der Waals surface area contributed by atoms with Gasteiger partial charge in [0.05, 0.1) is 13.5 Å². The third kappa shape index (κ3) is 6.74. The van der Waals surface area contributed by atoms with Crippen molar-refractivity contribution >= 4 is 35.9 Å². The number of aliphatic carboxylic acids is 1. The fraction of sp³-hybridized carbons (Fsp3) is 0.429.